The van der Waals surface area contributed by atoms with Crippen LogP contribution in [-0.2, 0) is 9.59 Å². The van der Waals surface area contributed by atoms with Gasteiger partial charge < -0.3 is 10.1 Å². The van der Waals surface area contributed by atoms with Crippen LogP contribution in [0.25, 0.3) is 0 Å². The van der Waals surface area contributed by atoms with E-state index in [9.17, 15) is 14.4 Å². The number of amides is 2. The van der Waals surface area contributed by atoms with Crippen LogP contribution in [-0.4, -0.2) is 35.9 Å². The number of anilines is 2. The van der Waals surface area contributed by atoms with Crippen molar-refractivity contribution in [3.8, 4) is 5.75 Å². The van der Waals surface area contributed by atoms with E-state index in [1.165, 1.54) is 30.2 Å². The van der Waals surface area contributed by atoms with E-state index in [0.717, 1.165) is 29.9 Å². The molecule has 1 heterocycles. The largest absolute Gasteiger partial charge is 0.497 e. The molecule has 148 valence electrons. The SMILES string of the molecule is COc1ccc(NC(=O)C(=O)Nc2ncc(SC)s2)c(C(=O)C2CCCC2)c1. The van der Waals surface area contributed by atoms with Gasteiger partial charge in [0.1, 0.15) is 5.75 Å². The maximum Gasteiger partial charge on any atom is 0.315 e. The summed E-state index contributed by atoms with van der Waals surface area (Å²) in [6.07, 6.45) is 7.26. The number of methoxy groups -OCH3 is 1. The molecule has 0 bridgehead atoms. The Hall–Kier alpha value is -2.39. The summed E-state index contributed by atoms with van der Waals surface area (Å²) in [6.45, 7) is 0. The van der Waals surface area contributed by atoms with Crippen LogP contribution in [0.5, 0.6) is 5.75 Å². The van der Waals surface area contributed by atoms with Gasteiger partial charge in [-0.1, -0.05) is 24.2 Å². The number of thiazole rings is 1. The minimum absolute atomic E-state index is 0.0309. The second-order valence-corrected chi connectivity index (χ2v) is 8.49. The lowest BCUT2D eigenvalue weighted by Gasteiger charge is -2.14. The summed E-state index contributed by atoms with van der Waals surface area (Å²) in [5, 5.41) is 5.38. The lowest BCUT2D eigenvalue weighted by molar-refractivity contribution is -0.133. The van der Waals surface area contributed by atoms with Gasteiger partial charge in [0.25, 0.3) is 0 Å². The molecule has 0 atom stereocenters. The highest BCUT2D eigenvalue weighted by Gasteiger charge is 2.27. The number of hydrogen-bond acceptors (Lipinski definition) is 7. The molecule has 0 aliphatic heterocycles. The maximum atomic E-state index is 12.9. The Balaban J connectivity index is 1.75. The number of carbonyl (C=O) groups excluding carboxylic acids is 3. The Bertz CT molecular complexity index is 891. The van der Waals surface area contributed by atoms with Gasteiger partial charge in [-0.2, -0.15) is 0 Å². The quantitative estimate of drug-likeness (QED) is 0.420. The number of nitrogens with one attached hydrogen (secondary N) is 2. The molecule has 0 spiro atoms. The van der Waals surface area contributed by atoms with E-state index in [4.69, 9.17) is 4.74 Å². The predicted octanol–water partition coefficient (Wildman–Crippen LogP) is 3.82. The highest BCUT2D eigenvalue weighted by atomic mass is 32.2. The first-order chi connectivity index (χ1) is 13.5. The zero-order valence-corrected chi connectivity index (χ0v) is 17.2. The fraction of sp³-hybridized carbons (Fsp3) is 0.368. The topological polar surface area (TPSA) is 97.4 Å². The summed E-state index contributed by atoms with van der Waals surface area (Å²) in [4.78, 5) is 41.5. The van der Waals surface area contributed by atoms with Crippen molar-refractivity contribution >= 4 is 51.5 Å². The molecule has 28 heavy (non-hydrogen) atoms. The second-order valence-electron chi connectivity index (χ2n) is 6.35. The number of thioether (sulfide) groups is 1. The molecule has 2 amide bonds. The zero-order chi connectivity index (χ0) is 20.1. The molecule has 1 aromatic heterocycles. The first kappa shape index (κ1) is 20.3. The van der Waals surface area contributed by atoms with Crippen LogP contribution >= 0.6 is 23.1 Å². The molecule has 1 fully saturated rings. The number of carbonyl (C=O) groups is 3. The van der Waals surface area contributed by atoms with E-state index in [1.807, 2.05) is 6.26 Å². The maximum absolute atomic E-state index is 12.9. The highest BCUT2D eigenvalue weighted by molar-refractivity contribution is 8.00. The Morgan fingerprint density at radius 2 is 1.89 bits per heavy atom. The number of hydrogen-bond donors (Lipinski definition) is 2. The summed E-state index contributed by atoms with van der Waals surface area (Å²) in [7, 11) is 1.52. The number of ether oxygens (including phenoxy) is 1. The van der Waals surface area contributed by atoms with E-state index in [2.05, 4.69) is 15.6 Å². The van der Waals surface area contributed by atoms with Crippen molar-refractivity contribution in [1.82, 2.24) is 4.98 Å². The predicted molar refractivity (Wildman–Crippen MR) is 110 cm³/mol. The third-order valence-electron chi connectivity index (χ3n) is 4.58. The van der Waals surface area contributed by atoms with E-state index in [1.54, 1.807) is 24.4 Å². The molecule has 1 saturated carbocycles. The molecule has 1 aromatic carbocycles. The van der Waals surface area contributed by atoms with Crippen molar-refractivity contribution in [3.05, 3.63) is 30.0 Å². The molecule has 2 N–H and O–H groups in total. The lowest BCUT2D eigenvalue weighted by Crippen LogP contribution is -2.30. The first-order valence-electron chi connectivity index (χ1n) is 8.86. The highest BCUT2D eigenvalue weighted by Crippen LogP contribution is 2.32. The van der Waals surface area contributed by atoms with Gasteiger partial charge in [-0.3, -0.25) is 19.7 Å². The van der Waals surface area contributed by atoms with Crippen LogP contribution in [0.1, 0.15) is 36.0 Å². The van der Waals surface area contributed by atoms with E-state index >= 15 is 0 Å². The minimum Gasteiger partial charge on any atom is -0.497 e. The fourth-order valence-electron chi connectivity index (χ4n) is 3.12. The molecule has 1 aliphatic carbocycles. The molecule has 3 rings (SSSR count). The molecular weight excluding hydrogens is 398 g/mol. The normalized spacial score (nSPS) is 13.9. The van der Waals surface area contributed by atoms with Crippen molar-refractivity contribution in [2.75, 3.05) is 24.0 Å². The third-order valence-corrected chi connectivity index (χ3v) is 6.54. The van der Waals surface area contributed by atoms with Gasteiger partial charge >= 0.3 is 11.8 Å². The molecule has 0 radical (unpaired) electrons. The zero-order valence-electron chi connectivity index (χ0n) is 15.6. The first-order valence-corrected chi connectivity index (χ1v) is 10.9. The summed E-state index contributed by atoms with van der Waals surface area (Å²) in [5.74, 6) is -1.26. The Morgan fingerprint density at radius 1 is 1.18 bits per heavy atom. The number of nitrogens with zero attached hydrogens (tertiary/aromatic N) is 1. The van der Waals surface area contributed by atoms with Crippen molar-refractivity contribution in [1.29, 1.82) is 0 Å². The molecule has 7 nitrogen and oxygen atoms in total. The standard InChI is InChI=1S/C19H21N3O4S2/c1-26-12-7-8-14(13(9-12)16(23)11-5-3-4-6-11)21-17(24)18(25)22-19-20-10-15(27-2)28-19/h7-11H,3-6H2,1-2H3,(H,21,24)(H,20,22,25). The molecule has 0 unspecified atom stereocenters. The summed E-state index contributed by atoms with van der Waals surface area (Å²) in [6, 6.07) is 4.84. The Kier molecular flexibility index (Phi) is 6.69. The average Bonchev–Trinajstić information content (AvgIpc) is 3.39. The summed E-state index contributed by atoms with van der Waals surface area (Å²) >= 11 is 2.79. The van der Waals surface area contributed by atoms with Crippen LogP contribution < -0.4 is 15.4 Å². The summed E-state index contributed by atoms with van der Waals surface area (Å²) in [5.41, 5.74) is 0.674. The van der Waals surface area contributed by atoms with E-state index in [0.29, 0.717) is 22.1 Å². The van der Waals surface area contributed by atoms with Crippen molar-refractivity contribution < 1.29 is 19.1 Å². The molecule has 1 aliphatic rings. The van der Waals surface area contributed by atoms with Crippen LogP contribution in [0, 0.1) is 5.92 Å². The number of rotatable bonds is 6. The van der Waals surface area contributed by atoms with Gasteiger partial charge in [0.15, 0.2) is 10.9 Å². The van der Waals surface area contributed by atoms with Crippen LogP contribution in [0.2, 0.25) is 0 Å². The smallest absolute Gasteiger partial charge is 0.315 e. The second kappa shape index (κ2) is 9.20. The number of benzene rings is 1. The van der Waals surface area contributed by atoms with Gasteiger partial charge in [-0.25, -0.2) is 4.98 Å². The van der Waals surface area contributed by atoms with Gasteiger partial charge in [-0.05, 0) is 37.3 Å². The Morgan fingerprint density at radius 3 is 2.54 bits per heavy atom. The lowest BCUT2D eigenvalue weighted by atomic mass is 9.95. The third kappa shape index (κ3) is 4.71. The van der Waals surface area contributed by atoms with Gasteiger partial charge in [0, 0.05) is 11.5 Å². The average molecular weight is 420 g/mol. The van der Waals surface area contributed by atoms with Crippen LogP contribution in [0.3, 0.4) is 0 Å². The van der Waals surface area contributed by atoms with Crippen LogP contribution in [0.4, 0.5) is 10.8 Å². The fourth-order valence-corrected chi connectivity index (χ4v) is 4.39. The van der Waals surface area contributed by atoms with Gasteiger partial charge in [-0.15, -0.1) is 11.8 Å². The summed E-state index contributed by atoms with van der Waals surface area (Å²) < 4.78 is 6.14. The van der Waals surface area contributed by atoms with Crippen molar-refractivity contribution in [2.45, 2.75) is 29.9 Å². The van der Waals surface area contributed by atoms with E-state index < -0.39 is 11.8 Å². The van der Waals surface area contributed by atoms with E-state index in [-0.39, 0.29) is 11.7 Å². The number of aromatic nitrogens is 1. The van der Waals surface area contributed by atoms with Crippen molar-refractivity contribution in [3.63, 3.8) is 0 Å². The minimum atomic E-state index is -0.855. The molecule has 0 saturated heterocycles. The molecule has 9 heteroatoms. The van der Waals surface area contributed by atoms with Crippen molar-refractivity contribution in [2.24, 2.45) is 5.92 Å². The Labute approximate surface area is 171 Å². The number of Topliss-reactive ketones (excluding diaryl/α,β-unsaturated/α-hetero) is 1. The van der Waals surface area contributed by atoms with Crippen LogP contribution in [0.15, 0.2) is 28.6 Å². The molecular formula is C19H21N3O4S2. The number of ketones is 1. The monoisotopic (exact) mass is 419 g/mol. The molecule has 2 aromatic rings. The van der Waals surface area contributed by atoms with Gasteiger partial charge in [0.2, 0.25) is 0 Å². The van der Waals surface area contributed by atoms with Gasteiger partial charge in [0.05, 0.1) is 23.2 Å².